The van der Waals surface area contributed by atoms with Gasteiger partial charge in [0.05, 0.1) is 25.0 Å². The molecule has 8 aliphatic rings. The minimum absolute atomic E-state index is 0.0499. The SMILES string of the molecule is COC(=O)C12C3C4CCCC4C4C3C3C1C1CCCC1C3C42C(=O)OC. The Balaban J connectivity index is 1.54. The Morgan fingerprint density at radius 2 is 0.962 bits per heavy atom. The van der Waals surface area contributed by atoms with Gasteiger partial charge in [-0.05, 0) is 84.9 Å². The number of ether oxygens (including phenoxy) is 2. The van der Waals surface area contributed by atoms with Gasteiger partial charge in [0, 0.05) is 0 Å². The maximum absolute atomic E-state index is 13.6. The Labute approximate surface area is 154 Å². The first kappa shape index (κ1) is 14.9. The molecule has 8 aliphatic carbocycles. The molecule has 0 amide bonds. The molecule has 26 heavy (non-hydrogen) atoms. The Morgan fingerprint density at radius 1 is 0.654 bits per heavy atom. The number of carbonyl (C=O) groups excluding carboxylic acids is 2. The summed E-state index contributed by atoms with van der Waals surface area (Å²) in [4.78, 5) is 27.2. The largest absolute Gasteiger partial charge is 0.469 e. The van der Waals surface area contributed by atoms with Gasteiger partial charge >= 0.3 is 11.9 Å². The maximum atomic E-state index is 13.6. The topological polar surface area (TPSA) is 52.6 Å². The summed E-state index contributed by atoms with van der Waals surface area (Å²) in [7, 11) is 3.09. The van der Waals surface area contributed by atoms with Crippen LogP contribution in [0.4, 0.5) is 0 Å². The molecule has 0 radical (unpaired) electrons. The Morgan fingerprint density at radius 3 is 1.23 bits per heavy atom. The van der Waals surface area contributed by atoms with Crippen molar-refractivity contribution in [1.29, 1.82) is 0 Å². The van der Waals surface area contributed by atoms with E-state index in [9.17, 15) is 9.59 Å². The van der Waals surface area contributed by atoms with Crippen molar-refractivity contribution in [1.82, 2.24) is 0 Å². The zero-order chi connectivity index (χ0) is 17.6. The number of methoxy groups -OCH3 is 2. The monoisotopic (exact) mass is 356 g/mol. The van der Waals surface area contributed by atoms with Crippen LogP contribution in [0.5, 0.6) is 0 Å². The summed E-state index contributed by atoms with van der Waals surface area (Å²) in [5, 5.41) is 0. The van der Waals surface area contributed by atoms with Crippen molar-refractivity contribution in [2.24, 2.45) is 70.0 Å². The summed E-state index contributed by atoms with van der Waals surface area (Å²) < 4.78 is 11.1. The molecule has 0 saturated heterocycles. The highest BCUT2D eigenvalue weighted by Gasteiger charge is 3.00. The second-order valence-corrected chi connectivity index (χ2v) is 10.5. The van der Waals surface area contributed by atoms with Crippen molar-refractivity contribution >= 4 is 11.9 Å². The summed E-state index contributed by atoms with van der Waals surface area (Å²) in [6, 6.07) is 0. The Bertz CT molecular complexity index is 644. The third-order valence-corrected chi connectivity index (χ3v) is 11.0. The van der Waals surface area contributed by atoms with Crippen molar-refractivity contribution in [3.05, 3.63) is 0 Å². The lowest BCUT2D eigenvalue weighted by atomic mass is 9.43. The van der Waals surface area contributed by atoms with Crippen LogP contribution in [0.15, 0.2) is 0 Å². The summed E-state index contributed by atoms with van der Waals surface area (Å²) in [5.41, 5.74) is -1.09. The molecule has 8 rings (SSSR count). The standard InChI is InChI=1S/C22H28O4/c1-25-19(23)21-15-9-5-3-7-11(9)17-13(15)14-16(21)10-6-4-8-12(10)18(14)22(17,21)20(24)26-2/h9-18H,3-8H2,1-2H3. The quantitative estimate of drug-likeness (QED) is 0.714. The molecule has 4 nitrogen and oxygen atoms in total. The van der Waals surface area contributed by atoms with Gasteiger partial charge in [-0.3, -0.25) is 9.59 Å². The van der Waals surface area contributed by atoms with E-state index >= 15 is 0 Å². The van der Waals surface area contributed by atoms with Gasteiger partial charge in [-0.25, -0.2) is 0 Å². The minimum atomic E-state index is -0.545. The van der Waals surface area contributed by atoms with E-state index in [1.165, 1.54) is 38.5 Å². The average Bonchev–Trinajstić information content (AvgIpc) is 3.44. The first-order valence-electron chi connectivity index (χ1n) is 10.8. The van der Waals surface area contributed by atoms with Gasteiger partial charge in [-0.1, -0.05) is 12.8 Å². The van der Waals surface area contributed by atoms with Crippen LogP contribution in [-0.4, -0.2) is 26.2 Å². The van der Waals surface area contributed by atoms with E-state index in [1.54, 1.807) is 14.2 Å². The van der Waals surface area contributed by atoms with Crippen LogP contribution in [0.25, 0.3) is 0 Å². The molecular weight excluding hydrogens is 328 g/mol. The molecular formula is C22H28O4. The Hall–Kier alpha value is -1.06. The van der Waals surface area contributed by atoms with E-state index in [2.05, 4.69) is 0 Å². The molecule has 0 aromatic rings. The molecule has 8 atom stereocenters. The van der Waals surface area contributed by atoms with Crippen LogP contribution >= 0.6 is 0 Å². The smallest absolute Gasteiger partial charge is 0.313 e. The number of hydrogen-bond acceptors (Lipinski definition) is 4. The summed E-state index contributed by atoms with van der Waals surface area (Å²) in [5.74, 6) is 5.35. The van der Waals surface area contributed by atoms with Crippen LogP contribution < -0.4 is 0 Å². The van der Waals surface area contributed by atoms with Crippen molar-refractivity contribution in [3.63, 3.8) is 0 Å². The zero-order valence-corrected chi connectivity index (χ0v) is 15.6. The lowest BCUT2D eigenvalue weighted by Gasteiger charge is -2.57. The van der Waals surface area contributed by atoms with E-state index < -0.39 is 10.8 Å². The van der Waals surface area contributed by atoms with E-state index in [1.807, 2.05) is 0 Å². The van der Waals surface area contributed by atoms with E-state index in [4.69, 9.17) is 9.47 Å². The van der Waals surface area contributed by atoms with Gasteiger partial charge < -0.3 is 9.47 Å². The maximum Gasteiger partial charge on any atom is 0.313 e. The molecule has 8 unspecified atom stereocenters. The van der Waals surface area contributed by atoms with Crippen LogP contribution in [-0.2, 0) is 19.1 Å². The highest BCUT2D eigenvalue weighted by Crippen LogP contribution is 2.97. The first-order chi connectivity index (χ1) is 12.7. The normalized spacial score (nSPS) is 64.2. The molecule has 140 valence electrons. The van der Waals surface area contributed by atoms with Gasteiger partial charge in [0.15, 0.2) is 0 Å². The lowest BCUT2D eigenvalue weighted by Crippen LogP contribution is -2.65. The molecule has 0 spiro atoms. The molecule has 0 N–H and O–H groups in total. The minimum Gasteiger partial charge on any atom is -0.469 e. The summed E-state index contributed by atoms with van der Waals surface area (Å²) in [6.07, 6.45) is 7.59. The number of hydrogen-bond donors (Lipinski definition) is 0. The van der Waals surface area contributed by atoms with Crippen LogP contribution in [0, 0.1) is 70.0 Å². The fourth-order valence-corrected chi connectivity index (χ4v) is 11.7. The predicted octanol–water partition coefficient (Wildman–Crippen LogP) is 2.90. The highest BCUT2D eigenvalue weighted by molar-refractivity contribution is 5.94. The fraction of sp³-hybridized carbons (Fsp3) is 0.909. The molecule has 0 aromatic heterocycles. The second-order valence-electron chi connectivity index (χ2n) is 10.5. The number of esters is 2. The van der Waals surface area contributed by atoms with Crippen molar-refractivity contribution in [2.75, 3.05) is 14.2 Å². The molecule has 8 bridgehead atoms. The van der Waals surface area contributed by atoms with Gasteiger partial charge in [-0.2, -0.15) is 0 Å². The molecule has 8 fully saturated rings. The van der Waals surface area contributed by atoms with Crippen LogP contribution in [0.3, 0.4) is 0 Å². The molecule has 0 aromatic carbocycles. The summed E-state index contributed by atoms with van der Waals surface area (Å²) >= 11 is 0. The average molecular weight is 356 g/mol. The third-order valence-electron chi connectivity index (χ3n) is 11.0. The molecule has 0 aliphatic heterocycles. The predicted molar refractivity (Wildman–Crippen MR) is 91.5 cm³/mol. The molecule has 8 saturated carbocycles. The first-order valence-corrected chi connectivity index (χ1v) is 10.8. The van der Waals surface area contributed by atoms with E-state index in [0.717, 1.165) is 0 Å². The lowest BCUT2D eigenvalue weighted by molar-refractivity contribution is -0.208. The number of carbonyl (C=O) groups is 2. The highest BCUT2D eigenvalue weighted by atomic mass is 16.5. The van der Waals surface area contributed by atoms with Gasteiger partial charge in [0.2, 0.25) is 0 Å². The van der Waals surface area contributed by atoms with Crippen molar-refractivity contribution in [3.8, 4) is 0 Å². The van der Waals surface area contributed by atoms with E-state index in [0.29, 0.717) is 59.2 Å². The van der Waals surface area contributed by atoms with Gasteiger partial charge in [0.1, 0.15) is 0 Å². The van der Waals surface area contributed by atoms with Gasteiger partial charge in [-0.15, -0.1) is 0 Å². The number of rotatable bonds is 2. The zero-order valence-electron chi connectivity index (χ0n) is 15.6. The van der Waals surface area contributed by atoms with Crippen LogP contribution in [0.1, 0.15) is 38.5 Å². The van der Waals surface area contributed by atoms with E-state index in [-0.39, 0.29) is 11.9 Å². The Kier molecular flexibility index (Phi) is 2.40. The molecule has 4 heteroatoms. The second kappa shape index (κ2) is 4.17. The summed E-state index contributed by atoms with van der Waals surface area (Å²) in [6.45, 7) is 0. The van der Waals surface area contributed by atoms with Gasteiger partial charge in [0.25, 0.3) is 0 Å². The van der Waals surface area contributed by atoms with Crippen molar-refractivity contribution in [2.45, 2.75) is 38.5 Å². The fourth-order valence-electron chi connectivity index (χ4n) is 11.7. The van der Waals surface area contributed by atoms with Crippen LogP contribution in [0.2, 0.25) is 0 Å². The van der Waals surface area contributed by atoms with Crippen molar-refractivity contribution < 1.29 is 19.1 Å². The molecule has 0 heterocycles. The third kappa shape index (κ3) is 1.02. The number of fused-ring (bicyclic) bond motifs is 2.